The standard InChI is InChI=1S/C31H27NO/c1-23(26-11-8-14-31(22-26)33-2)24-15-18-29(19-16-24)32(28-12-4-3-5-13-28)30-20-17-25-9-6-7-10-27(25)21-30/h3-23H,1-2H3. The predicted molar refractivity (Wildman–Crippen MR) is 139 cm³/mol. The van der Waals surface area contributed by atoms with Crippen molar-refractivity contribution in [1.82, 2.24) is 0 Å². The zero-order chi connectivity index (χ0) is 22.6. The van der Waals surface area contributed by atoms with Crippen LogP contribution in [-0.2, 0) is 0 Å². The summed E-state index contributed by atoms with van der Waals surface area (Å²) in [4.78, 5) is 2.31. The molecule has 0 spiro atoms. The molecule has 33 heavy (non-hydrogen) atoms. The Labute approximate surface area is 195 Å². The summed E-state index contributed by atoms with van der Waals surface area (Å²) in [5.41, 5.74) is 5.95. The minimum Gasteiger partial charge on any atom is -0.497 e. The van der Waals surface area contributed by atoms with E-state index in [1.807, 2.05) is 6.07 Å². The van der Waals surface area contributed by atoms with Gasteiger partial charge in [-0.05, 0) is 70.4 Å². The van der Waals surface area contributed by atoms with Gasteiger partial charge in [0.05, 0.1) is 7.11 Å². The minimum atomic E-state index is 0.278. The fraction of sp³-hybridized carbons (Fsp3) is 0.0968. The Balaban J connectivity index is 1.53. The van der Waals surface area contributed by atoms with Crippen LogP contribution in [0.15, 0.2) is 121 Å². The molecular weight excluding hydrogens is 402 g/mol. The number of hydrogen-bond acceptors (Lipinski definition) is 2. The fourth-order valence-corrected chi connectivity index (χ4v) is 4.36. The van der Waals surface area contributed by atoms with Crippen LogP contribution in [-0.4, -0.2) is 7.11 Å². The van der Waals surface area contributed by atoms with E-state index < -0.39 is 0 Å². The highest BCUT2D eigenvalue weighted by Gasteiger charge is 2.14. The van der Waals surface area contributed by atoms with Gasteiger partial charge in [-0.15, -0.1) is 0 Å². The van der Waals surface area contributed by atoms with E-state index in [0.29, 0.717) is 0 Å². The molecule has 162 valence electrons. The zero-order valence-electron chi connectivity index (χ0n) is 19.0. The third-order valence-corrected chi connectivity index (χ3v) is 6.25. The average molecular weight is 430 g/mol. The van der Waals surface area contributed by atoms with Crippen LogP contribution in [0.25, 0.3) is 10.8 Å². The van der Waals surface area contributed by atoms with Gasteiger partial charge in [-0.2, -0.15) is 0 Å². The summed E-state index contributed by atoms with van der Waals surface area (Å²) >= 11 is 0. The molecule has 2 heteroatoms. The Hall–Kier alpha value is -4.04. The van der Waals surface area contributed by atoms with E-state index >= 15 is 0 Å². The van der Waals surface area contributed by atoms with Crippen molar-refractivity contribution in [3.63, 3.8) is 0 Å². The maximum Gasteiger partial charge on any atom is 0.119 e. The number of fused-ring (bicyclic) bond motifs is 1. The number of ether oxygens (including phenoxy) is 1. The molecule has 0 fully saturated rings. The van der Waals surface area contributed by atoms with Gasteiger partial charge in [0.2, 0.25) is 0 Å². The van der Waals surface area contributed by atoms with Gasteiger partial charge in [0.25, 0.3) is 0 Å². The fourth-order valence-electron chi connectivity index (χ4n) is 4.36. The number of anilines is 3. The first-order valence-corrected chi connectivity index (χ1v) is 11.3. The summed E-state index contributed by atoms with van der Waals surface area (Å²) in [5, 5.41) is 2.48. The van der Waals surface area contributed by atoms with Crippen LogP contribution < -0.4 is 9.64 Å². The second-order valence-corrected chi connectivity index (χ2v) is 8.29. The highest BCUT2D eigenvalue weighted by atomic mass is 16.5. The van der Waals surface area contributed by atoms with Gasteiger partial charge < -0.3 is 9.64 Å². The lowest BCUT2D eigenvalue weighted by Crippen LogP contribution is -2.10. The quantitative estimate of drug-likeness (QED) is 0.268. The van der Waals surface area contributed by atoms with Gasteiger partial charge in [-0.3, -0.25) is 0 Å². The molecule has 5 aromatic carbocycles. The molecule has 0 aliphatic rings. The van der Waals surface area contributed by atoms with Crippen LogP contribution in [0.4, 0.5) is 17.1 Å². The second-order valence-electron chi connectivity index (χ2n) is 8.29. The van der Waals surface area contributed by atoms with Gasteiger partial charge in [-0.1, -0.05) is 79.7 Å². The highest BCUT2D eigenvalue weighted by molar-refractivity contribution is 5.89. The maximum atomic E-state index is 5.41. The normalized spacial score (nSPS) is 11.8. The number of benzene rings is 5. The molecule has 0 aliphatic heterocycles. The van der Waals surface area contributed by atoms with Crippen molar-refractivity contribution in [2.45, 2.75) is 12.8 Å². The number of nitrogens with zero attached hydrogens (tertiary/aromatic N) is 1. The third kappa shape index (κ3) is 4.33. The molecule has 5 rings (SSSR count). The van der Waals surface area contributed by atoms with Gasteiger partial charge in [0, 0.05) is 23.0 Å². The van der Waals surface area contributed by atoms with Crippen LogP contribution >= 0.6 is 0 Å². The van der Waals surface area contributed by atoms with Crippen molar-refractivity contribution < 1.29 is 4.74 Å². The summed E-state index contributed by atoms with van der Waals surface area (Å²) < 4.78 is 5.41. The Kier molecular flexibility index (Phi) is 5.82. The van der Waals surface area contributed by atoms with E-state index in [1.165, 1.54) is 21.9 Å². The Morgan fingerprint density at radius 3 is 1.97 bits per heavy atom. The largest absolute Gasteiger partial charge is 0.497 e. The summed E-state index contributed by atoms with van der Waals surface area (Å²) in [6.07, 6.45) is 0. The molecule has 0 radical (unpaired) electrons. The number of rotatable bonds is 6. The first kappa shape index (κ1) is 20.8. The van der Waals surface area contributed by atoms with Gasteiger partial charge >= 0.3 is 0 Å². The summed E-state index contributed by atoms with van der Waals surface area (Å²) in [6, 6.07) is 42.9. The van der Waals surface area contributed by atoms with Crippen molar-refractivity contribution in [1.29, 1.82) is 0 Å². The lowest BCUT2D eigenvalue weighted by Gasteiger charge is -2.26. The van der Waals surface area contributed by atoms with Crippen molar-refractivity contribution in [3.05, 3.63) is 132 Å². The topological polar surface area (TPSA) is 12.5 Å². The second kappa shape index (κ2) is 9.22. The monoisotopic (exact) mass is 429 g/mol. The smallest absolute Gasteiger partial charge is 0.119 e. The third-order valence-electron chi connectivity index (χ3n) is 6.25. The van der Waals surface area contributed by atoms with Crippen molar-refractivity contribution in [2.24, 2.45) is 0 Å². The van der Waals surface area contributed by atoms with E-state index in [-0.39, 0.29) is 5.92 Å². The molecule has 1 atom stereocenters. The maximum absolute atomic E-state index is 5.41. The van der Waals surface area contributed by atoms with E-state index in [1.54, 1.807) is 7.11 Å². The average Bonchev–Trinajstić information content (AvgIpc) is 2.89. The predicted octanol–water partition coefficient (Wildman–Crippen LogP) is 8.47. The number of methoxy groups -OCH3 is 1. The molecule has 0 saturated carbocycles. The zero-order valence-corrected chi connectivity index (χ0v) is 19.0. The van der Waals surface area contributed by atoms with Crippen molar-refractivity contribution in [2.75, 3.05) is 12.0 Å². The van der Waals surface area contributed by atoms with Crippen LogP contribution in [0.5, 0.6) is 5.75 Å². The van der Waals surface area contributed by atoms with Crippen LogP contribution in [0.3, 0.4) is 0 Å². The number of para-hydroxylation sites is 1. The lowest BCUT2D eigenvalue weighted by molar-refractivity contribution is 0.414. The number of hydrogen-bond donors (Lipinski definition) is 0. The van der Waals surface area contributed by atoms with Gasteiger partial charge in [0.15, 0.2) is 0 Å². The molecule has 0 saturated heterocycles. The minimum absolute atomic E-state index is 0.278. The van der Waals surface area contributed by atoms with Crippen molar-refractivity contribution in [3.8, 4) is 5.75 Å². The van der Waals surface area contributed by atoms with Gasteiger partial charge in [0.1, 0.15) is 5.75 Å². The Bertz CT molecular complexity index is 1360. The first-order valence-electron chi connectivity index (χ1n) is 11.3. The van der Waals surface area contributed by atoms with Gasteiger partial charge in [-0.25, -0.2) is 0 Å². The Morgan fingerprint density at radius 1 is 0.545 bits per heavy atom. The first-order chi connectivity index (χ1) is 16.2. The molecule has 0 aromatic heterocycles. The van der Waals surface area contributed by atoms with E-state index in [9.17, 15) is 0 Å². The molecule has 0 heterocycles. The van der Waals surface area contributed by atoms with Crippen molar-refractivity contribution >= 4 is 27.8 Å². The molecule has 1 unspecified atom stereocenters. The lowest BCUT2D eigenvalue weighted by atomic mass is 9.93. The Morgan fingerprint density at radius 2 is 1.21 bits per heavy atom. The van der Waals surface area contributed by atoms with E-state index in [0.717, 1.165) is 22.8 Å². The van der Waals surface area contributed by atoms with E-state index in [4.69, 9.17) is 4.74 Å². The molecular formula is C31H27NO. The summed E-state index contributed by atoms with van der Waals surface area (Å²) in [5.74, 6) is 1.17. The van der Waals surface area contributed by atoms with Crippen LogP contribution in [0.1, 0.15) is 24.0 Å². The van der Waals surface area contributed by atoms with E-state index in [2.05, 4.69) is 127 Å². The van der Waals surface area contributed by atoms with Crippen LogP contribution in [0, 0.1) is 0 Å². The molecule has 0 N–H and O–H groups in total. The molecule has 0 amide bonds. The SMILES string of the molecule is COc1cccc(C(C)c2ccc(N(c3ccccc3)c3ccc4ccccc4c3)cc2)c1. The molecule has 5 aromatic rings. The molecule has 2 nitrogen and oxygen atoms in total. The molecule has 0 aliphatic carbocycles. The highest BCUT2D eigenvalue weighted by Crippen LogP contribution is 2.37. The summed E-state index contributed by atoms with van der Waals surface area (Å²) in [6.45, 7) is 2.24. The van der Waals surface area contributed by atoms with Crippen LogP contribution in [0.2, 0.25) is 0 Å². The molecule has 0 bridgehead atoms. The summed E-state index contributed by atoms with van der Waals surface area (Å²) in [7, 11) is 1.71.